The highest BCUT2D eigenvalue weighted by molar-refractivity contribution is 8.01. The van der Waals surface area contributed by atoms with E-state index < -0.39 is 50.5 Å². The average molecular weight is 558 g/mol. The minimum absolute atomic E-state index is 0.256. The summed E-state index contributed by atoms with van der Waals surface area (Å²) in [5.41, 5.74) is -1.40. The number of methoxy groups -OCH3 is 1. The first-order valence-electron chi connectivity index (χ1n) is 9.37. The number of esters is 2. The zero-order chi connectivity index (χ0) is 24.6. The summed E-state index contributed by atoms with van der Waals surface area (Å²) < 4.78 is 14.0. The van der Waals surface area contributed by atoms with Crippen LogP contribution in [0.15, 0.2) is 29.3 Å². The molecule has 2 amide bonds. The maximum Gasteiger partial charge on any atom is 0.323 e. The highest BCUT2D eigenvalue weighted by Gasteiger charge is 2.69. The largest absolute Gasteiger partial charge is 0.461 e. The Morgan fingerprint density at radius 2 is 1.94 bits per heavy atom. The number of carbonyl (C=O) groups is 4. The highest BCUT2D eigenvalue weighted by atomic mass is 35.6. The summed E-state index contributed by atoms with van der Waals surface area (Å²) in [6.45, 7) is 1.77. The van der Waals surface area contributed by atoms with Crippen molar-refractivity contribution in [2.75, 3.05) is 25.2 Å². The topological polar surface area (TPSA) is 102 Å². The van der Waals surface area contributed by atoms with Gasteiger partial charge in [0.05, 0.1) is 0 Å². The van der Waals surface area contributed by atoms with Crippen molar-refractivity contribution < 1.29 is 33.4 Å². The van der Waals surface area contributed by atoms with Crippen LogP contribution in [0, 0.1) is 0 Å². The Labute approximate surface area is 212 Å². The van der Waals surface area contributed by atoms with Crippen LogP contribution in [0.3, 0.4) is 0 Å². The van der Waals surface area contributed by atoms with Gasteiger partial charge in [-0.25, -0.2) is 0 Å². The van der Waals surface area contributed by atoms with Crippen LogP contribution in [0.25, 0.3) is 0 Å². The third kappa shape index (κ3) is 5.13. The molecule has 0 bridgehead atoms. The molecule has 3 atom stereocenters. The minimum Gasteiger partial charge on any atom is -0.461 e. The minimum atomic E-state index is -1.83. The second-order valence-electron chi connectivity index (χ2n) is 6.99. The molecule has 1 aromatic rings. The Morgan fingerprint density at radius 3 is 2.45 bits per heavy atom. The van der Waals surface area contributed by atoms with Crippen LogP contribution in [0.2, 0.25) is 0 Å². The zero-order valence-electron chi connectivity index (χ0n) is 17.6. The summed E-state index contributed by atoms with van der Waals surface area (Å²) in [7, 11) is 1.31. The number of ether oxygens (including phenoxy) is 3. The number of hydrogen-bond donors (Lipinski definition) is 0. The number of β-lactam (4-membered cyclic amide) rings is 1. The molecule has 180 valence electrons. The Kier molecular flexibility index (Phi) is 7.92. The van der Waals surface area contributed by atoms with E-state index in [1.807, 2.05) is 0 Å². The van der Waals surface area contributed by atoms with Crippen molar-refractivity contribution >= 4 is 86.7 Å². The quantitative estimate of drug-likeness (QED) is 0.218. The van der Waals surface area contributed by atoms with E-state index in [2.05, 4.69) is 0 Å². The number of rotatable bonds is 7. The van der Waals surface area contributed by atoms with Gasteiger partial charge in [0.2, 0.25) is 9.70 Å². The molecule has 0 aromatic carbocycles. The number of alkyl halides is 3. The lowest BCUT2D eigenvalue weighted by molar-refractivity contribution is -0.182. The van der Waals surface area contributed by atoms with Crippen LogP contribution < -0.4 is 4.90 Å². The number of fused-ring (bicyclic) bond motifs is 1. The Hall–Kier alpha value is -1.50. The molecule has 0 aliphatic carbocycles. The van der Waals surface area contributed by atoms with E-state index in [-0.39, 0.29) is 6.61 Å². The fourth-order valence-electron chi connectivity index (χ4n) is 3.44. The predicted molar refractivity (Wildman–Crippen MR) is 125 cm³/mol. The Morgan fingerprint density at radius 1 is 1.24 bits per heavy atom. The van der Waals surface area contributed by atoms with Gasteiger partial charge < -0.3 is 14.2 Å². The Bertz CT molecular complexity index is 983. The molecule has 0 N–H and O–H groups in total. The number of nitrogens with zero attached hydrogens (tertiary/aromatic N) is 2. The molecule has 0 spiro atoms. The lowest BCUT2D eigenvalue weighted by Gasteiger charge is -2.58. The smallest absolute Gasteiger partial charge is 0.323 e. The van der Waals surface area contributed by atoms with Gasteiger partial charge in [-0.1, -0.05) is 34.8 Å². The first-order chi connectivity index (χ1) is 15.4. The molecule has 14 heteroatoms. The van der Waals surface area contributed by atoms with Crippen molar-refractivity contribution in [3.63, 3.8) is 0 Å². The maximum atomic E-state index is 13.3. The first-order valence-corrected chi connectivity index (χ1v) is 12.3. The number of anilines is 1. The number of amides is 2. The van der Waals surface area contributed by atoms with E-state index in [4.69, 9.17) is 49.0 Å². The fourth-order valence-corrected chi connectivity index (χ4v) is 5.94. The molecule has 33 heavy (non-hydrogen) atoms. The highest BCUT2D eigenvalue weighted by Crippen LogP contribution is 2.51. The lowest BCUT2D eigenvalue weighted by atomic mass is 9.98. The normalized spacial score (nSPS) is 24.4. The van der Waals surface area contributed by atoms with Crippen LogP contribution in [-0.4, -0.2) is 69.1 Å². The van der Waals surface area contributed by atoms with Gasteiger partial charge in [-0.3, -0.25) is 29.0 Å². The van der Waals surface area contributed by atoms with E-state index >= 15 is 0 Å². The van der Waals surface area contributed by atoms with Crippen molar-refractivity contribution in [3.8, 4) is 0 Å². The number of carbonyl (C=O) groups excluding carboxylic acids is 4. The summed E-state index contributed by atoms with van der Waals surface area (Å²) in [6.07, 6.45) is 1.40. The average Bonchev–Trinajstić information content (AvgIpc) is 3.26. The molecule has 9 nitrogen and oxygen atoms in total. The van der Waals surface area contributed by atoms with Gasteiger partial charge in [0, 0.05) is 32.7 Å². The molecule has 2 aliphatic heterocycles. The summed E-state index contributed by atoms with van der Waals surface area (Å²) in [4.78, 5) is 52.7. The van der Waals surface area contributed by atoms with Gasteiger partial charge in [-0.2, -0.15) is 0 Å². The molecule has 1 aromatic heterocycles. The van der Waals surface area contributed by atoms with Gasteiger partial charge in [0.25, 0.3) is 11.6 Å². The molecule has 3 rings (SSSR count). The second-order valence-corrected chi connectivity index (χ2v) is 11.6. The molecular formula is C19H19Cl3N2O7S2. The van der Waals surface area contributed by atoms with Crippen molar-refractivity contribution in [2.24, 2.45) is 0 Å². The summed E-state index contributed by atoms with van der Waals surface area (Å²) in [5, 5.41) is 0.450. The van der Waals surface area contributed by atoms with Crippen LogP contribution in [0.4, 0.5) is 5.00 Å². The van der Waals surface area contributed by atoms with Gasteiger partial charge in [0.15, 0.2) is 0 Å². The summed E-state index contributed by atoms with van der Waals surface area (Å²) in [6, 6.07) is 3.42. The monoisotopic (exact) mass is 556 g/mol. The summed E-state index contributed by atoms with van der Waals surface area (Å²) in [5.74, 6) is -2.27. The molecule has 3 heterocycles. The molecular weight excluding hydrogens is 539 g/mol. The van der Waals surface area contributed by atoms with Crippen molar-refractivity contribution in [1.29, 1.82) is 0 Å². The van der Waals surface area contributed by atoms with Crippen LogP contribution in [0.5, 0.6) is 0 Å². The Balaban J connectivity index is 1.97. The van der Waals surface area contributed by atoms with E-state index in [0.717, 1.165) is 11.8 Å². The predicted octanol–water partition coefficient (Wildman–Crippen LogP) is 3.09. The zero-order valence-corrected chi connectivity index (χ0v) is 21.5. The number of hydrogen-bond acceptors (Lipinski definition) is 9. The first kappa shape index (κ1) is 26.1. The molecule has 1 saturated heterocycles. The molecule has 1 fully saturated rings. The van der Waals surface area contributed by atoms with Crippen molar-refractivity contribution in [1.82, 2.24) is 4.90 Å². The number of thiophene rings is 1. The van der Waals surface area contributed by atoms with E-state index in [9.17, 15) is 19.2 Å². The van der Waals surface area contributed by atoms with Crippen LogP contribution in [0.1, 0.15) is 13.8 Å². The van der Waals surface area contributed by atoms with Gasteiger partial charge >= 0.3 is 11.9 Å². The lowest BCUT2D eigenvalue weighted by Crippen LogP contribution is -2.80. The van der Waals surface area contributed by atoms with Gasteiger partial charge in [0.1, 0.15) is 28.8 Å². The van der Waals surface area contributed by atoms with Crippen molar-refractivity contribution in [3.05, 3.63) is 29.3 Å². The van der Waals surface area contributed by atoms with Crippen LogP contribution >= 0.6 is 57.9 Å². The molecule has 2 unspecified atom stereocenters. The maximum absolute atomic E-state index is 13.3. The SMILES string of the molecule is COC1(N(C(C)=O)c2cccs2)C(=O)N2C=C(COC(C)=O)C(C(=O)OCC(Cl)(Cl)Cl)S[C@@H]21. The molecule has 0 radical (unpaired) electrons. The molecule has 2 aliphatic rings. The van der Waals surface area contributed by atoms with E-state index in [1.54, 1.807) is 17.5 Å². The third-order valence-corrected chi connectivity index (χ3v) is 7.51. The van der Waals surface area contributed by atoms with E-state index in [1.165, 1.54) is 48.3 Å². The standard InChI is InChI=1S/C19H19Cl3N2O7S2/c1-10(25)24(13-5-4-6-32-13)19(29-3)16(28)23-7-12(8-30-11(2)26)14(33-17(19)23)15(27)31-9-18(20,21)22/h4-7,14,17H,8-9H2,1-3H3/t14?,17-,19?/m1/s1. The molecule has 0 saturated carbocycles. The van der Waals surface area contributed by atoms with Crippen molar-refractivity contribution in [2.45, 2.75) is 34.0 Å². The third-order valence-electron chi connectivity index (χ3n) is 4.75. The summed E-state index contributed by atoms with van der Waals surface area (Å²) >= 11 is 19.3. The number of thioether (sulfide) groups is 1. The number of halogens is 3. The van der Waals surface area contributed by atoms with Gasteiger partial charge in [-0.15, -0.1) is 23.1 Å². The van der Waals surface area contributed by atoms with Crippen LogP contribution in [-0.2, 0) is 33.4 Å². The van der Waals surface area contributed by atoms with Gasteiger partial charge in [-0.05, 0) is 17.5 Å². The fraction of sp³-hybridized carbons (Fsp3) is 0.474. The van der Waals surface area contributed by atoms with E-state index in [0.29, 0.717) is 10.6 Å². The second kappa shape index (κ2) is 10.0.